The first-order chi connectivity index (χ1) is 4.66. The van der Waals surface area contributed by atoms with Crippen LogP contribution in [-0.2, 0) is 14.3 Å². The van der Waals surface area contributed by atoms with Crippen molar-refractivity contribution in [1.29, 1.82) is 0 Å². The average molecular weight is 148 g/mol. The molecule has 0 radical (unpaired) electrons. The number of hydrogen-bond acceptors (Lipinski definition) is 4. The molecule has 0 aromatic rings. The molecule has 0 aromatic carbocycles. The molecule has 0 rings (SSSR count). The van der Waals surface area contributed by atoms with Gasteiger partial charge in [0.1, 0.15) is 0 Å². The van der Waals surface area contributed by atoms with Crippen LogP contribution in [0.1, 0.15) is 13.3 Å². The first-order valence-corrected chi connectivity index (χ1v) is 2.68. The Kier molecular flexibility index (Phi) is 4.02. The van der Waals surface area contributed by atoms with E-state index in [1.54, 1.807) is 6.92 Å². The van der Waals surface area contributed by atoms with Gasteiger partial charge in [-0.1, -0.05) is 6.92 Å². The molecule has 0 spiro atoms. The molecule has 0 heterocycles. The summed E-state index contributed by atoms with van der Waals surface area (Å²) in [7, 11) is 0. The lowest BCUT2D eigenvalue weighted by Crippen LogP contribution is -2.09. The first kappa shape index (κ1) is 8.74. The van der Waals surface area contributed by atoms with Gasteiger partial charge >= 0.3 is 12.1 Å². The normalized spacial score (nSPS) is 8.50. The number of carbonyl (C=O) groups is 2. The largest absolute Gasteiger partial charge is 0.508 e. The Balaban J connectivity index is 3.20. The molecule has 0 bridgehead atoms. The molecule has 10 heavy (non-hydrogen) atoms. The van der Waals surface area contributed by atoms with Gasteiger partial charge in [-0.25, -0.2) is 4.79 Å². The van der Waals surface area contributed by atoms with Crippen LogP contribution in [0.25, 0.3) is 0 Å². The third-order valence-corrected chi connectivity index (χ3v) is 0.691. The minimum atomic E-state index is -1.45. The van der Waals surface area contributed by atoms with Gasteiger partial charge in [0.25, 0.3) is 0 Å². The zero-order chi connectivity index (χ0) is 7.98. The van der Waals surface area contributed by atoms with Gasteiger partial charge in [0.05, 0.1) is 0 Å². The van der Waals surface area contributed by atoms with Gasteiger partial charge in [0.2, 0.25) is 6.79 Å². The Labute approximate surface area is 57.5 Å². The first-order valence-electron chi connectivity index (χ1n) is 2.68. The summed E-state index contributed by atoms with van der Waals surface area (Å²) < 4.78 is 8.15. The summed E-state index contributed by atoms with van der Waals surface area (Å²) in [6.07, 6.45) is -1.24. The van der Waals surface area contributed by atoms with Crippen LogP contribution in [0.3, 0.4) is 0 Å². The smallest absolute Gasteiger partial charge is 0.450 e. The lowest BCUT2D eigenvalue weighted by atomic mass is 10.5. The van der Waals surface area contributed by atoms with Gasteiger partial charge in [-0.15, -0.1) is 0 Å². The highest BCUT2D eigenvalue weighted by Gasteiger charge is 1.99. The molecule has 0 saturated heterocycles. The van der Waals surface area contributed by atoms with Gasteiger partial charge in [0.15, 0.2) is 0 Å². The van der Waals surface area contributed by atoms with Gasteiger partial charge in [-0.05, 0) is 0 Å². The number of esters is 1. The number of carbonyl (C=O) groups excluding carboxylic acids is 1. The lowest BCUT2D eigenvalue weighted by Gasteiger charge is -1.99. The number of carboxylic acid groups (broad SMARTS) is 1. The van der Waals surface area contributed by atoms with E-state index in [2.05, 4.69) is 9.47 Å². The number of ether oxygens (including phenoxy) is 2. The van der Waals surface area contributed by atoms with E-state index in [1.807, 2.05) is 0 Å². The number of rotatable bonds is 3. The summed E-state index contributed by atoms with van der Waals surface area (Å²) >= 11 is 0. The van der Waals surface area contributed by atoms with Crippen LogP contribution in [0.4, 0.5) is 4.79 Å². The van der Waals surface area contributed by atoms with Gasteiger partial charge in [-0.3, -0.25) is 4.79 Å². The second-order valence-corrected chi connectivity index (χ2v) is 1.40. The maximum Gasteiger partial charge on any atom is 0.508 e. The quantitative estimate of drug-likeness (QED) is 0.468. The molecule has 0 aliphatic rings. The molecular formula is C5H8O5. The standard InChI is InChI=1S/C5H8O5/c1-2-4(6)9-3-10-5(7)8/h2-3H2,1H3,(H,7,8). The molecule has 5 heteroatoms. The van der Waals surface area contributed by atoms with Crippen LogP contribution < -0.4 is 0 Å². The average Bonchev–Trinajstić information content (AvgIpc) is 1.87. The summed E-state index contributed by atoms with van der Waals surface area (Å²) in [6, 6.07) is 0. The van der Waals surface area contributed by atoms with Crippen molar-refractivity contribution in [3.8, 4) is 0 Å². The van der Waals surface area contributed by atoms with E-state index in [9.17, 15) is 9.59 Å². The Hall–Kier alpha value is -1.26. The van der Waals surface area contributed by atoms with Crippen molar-refractivity contribution in [2.24, 2.45) is 0 Å². The summed E-state index contributed by atoms with van der Waals surface area (Å²) in [5.41, 5.74) is 0. The predicted molar refractivity (Wildman–Crippen MR) is 30.4 cm³/mol. The highest BCUT2D eigenvalue weighted by molar-refractivity contribution is 5.68. The molecule has 0 atom stereocenters. The third kappa shape index (κ3) is 4.89. The van der Waals surface area contributed by atoms with Crippen LogP contribution in [-0.4, -0.2) is 24.0 Å². The van der Waals surface area contributed by atoms with Crippen molar-refractivity contribution in [3.63, 3.8) is 0 Å². The Morgan fingerprint density at radius 3 is 2.40 bits per heavy atom. The molecule has 0 unspecified atom stereocenters. The summed E-state index contributed by atoms with van der Waals surface area (Å²) in [5.74, 6) is -0.485. The monoisotopic (exact) mass is 148 g/mol. The van der Waals surface area contributed by atoms with Crippen molar-refractivity contribution in [2.45, 2.75) is 13.3 Å². The van der Waals surface area contributed by atoms with E-state index >= 15 is 0 Å². The van der Waals surface area contributed by atoms with Crippen LogP contribution >= 0.6 is 0 Å². The van der Waals surface area contributed by atoms with Gasteiger partial charge in [0, 0.05) is 6.42 Å². The zero-order valence-electron chi connectivity index (χ0n) is 5.49. The number of hydrogen-bond donors (Lipinski definition) is 1. The summed E-state index contributed by atoms with van der Waals surface area (Å²) in [6.45, 7) is 1.07. The van der Waals surface area contributed by atoms with E-state index in [4.69, 9.17) is 5.11 Å². The van der Waals surface area contributed by atoms with Crippen molar-refractivity contribution >= 4 is 12.1 Å². The Morgan fingerprint density at radius 2 is 2.00 bits per heavy atom. The van der Waals surface area contributed by atoms with Crippen molar-refractivity contribution in [3.05, 3.63) is 0 Å². The molecule has 1 N–H and O–H groups in total. The van der Waals surface area contributed by atoms with E-state index < -0.39 is 18.9 Å². The summed E-state index contributed by atoms with van der Waals surface area (Å²) in [5, 5.41) is 7.89. The van der Waals surface area contributed by atoms with Crippen molar-refractivity contribution in [2.75, 3.05) is 6.79 Å². The Morgan fingerprint density at radius 1 is 1.40 bits per heavy atom. The molecule has 0 aromatic heterocycles. The fraction of sp³-hybridized carbons (Fsp3) is 0.600. The zero-order valence-corrected chi connectivity index (χ0v) is 5.49. The van der Waals surface area contributed by atoms with Crippen LogP contribution in [0, 0.1) is 0 Å². The molecular weight excluding hydrogens is 140 g/mol. The van der Waals surface area contributed by atoms with E-state index in [-0.39, 0.29) is 6.42 Å². The Bertz CT molecular complexity index is 130. The second-order valence-electron chi connectivity index (χ2n) is 1.40. The van der Waals surface area contributed by atoms with E-state index in [0.717, 1.165) is 0 Å². The van der Waals surface area contributed by atoms with Crippen LogP contribution in [0.2, 0.25) is 0 Å². The van der Waals surface area contributed by atoms with Crippen molar-refractivity contribution in [1.82, 2.24) is 0 Å². The highest BCUT2D eigenvalue weighted by Crippen LogP contribution is 1.84. The summed E-state index contributed by atoms with van der Waals surface area (Å²) in [4.78, 5) is 20.0. The topological polar surface area (TPSA) is 72.8 Å². The van der Waals surface area contributed by atoms with Crippen LogP contribution in [0.15, 0.2) is 0 Å². The third-order valence-electron chi connectivity index (χ3n) is 0.691. The maximum absolute atomic E-state index is 10.3. The minimum Gasteiger partial charge on any atom is -0.450 e. The molecule has 0 aliphatic heterocycles. The fourth-order valence-corrected chi connectivity index (χ4v) is 0.248. The SMILES string of the molecule is CCC(=O)OCOC(=O)O. The van der Waals surface area contributed by atoms with Crippen LogP contribution in [0.5, 0.6) is 0 Å². The van der Waals surface area contributed by atoms with Crippen molar-refractivity contribution < 1.29 is 24.2 Å². The molecule has 58 valence electrons. The molecule has 0 saturated carbocycles. The van der Waals surface area contributed by atoms with Gasteiger partial charge < -0.3 is 14.6 Å². The fourth-order valence-electron chi connectivity index (χ4n) is 0.248. The van der Waals surface area contributed by atoms with Gasteiger partial charge in [-0.2, -0.15) is 0 Å². The second kappa shape index (κ2) is 4.60. The molecule has 0 amide bonds. The van der Waals surface area contributed by atoms with E-state index in [0.29, 0.717) is 0 Å². The maximum atomic E-state index is 10.3. The predicted octanol–water partition coefficient (Wildman–Crippen LogP) is 0.592. The highest BCUT2D eigenvalue weighted by atomic mass is 16.7. The molecule has 0 fully saturated rings. The molecule has 5 nitrogen and oxygen atoms in total. The molecule has 0 aliphatic carbocycles. The minimum absolute atomic E-state index is 0.211. The lowest BCUT2D eigenvalue weighted by molar-refractivity contribution is -0.152. The van der Waals surface area contributed by atoms with E-state index in [1.165, 1.54) is 0 Å².